The van der Waals surface area contributed by atoms with Crippen LogP contribution in [0.5, 0.6) is 5.75 Å². The van der Waals surface area contributed by atoms with E-state index in [1.165, 1.54) is 36.8 Å². The molecule has 0 aliphatic rings. The zero-order chi connectivity index (χ0) is 21.0. The summed E-state index contributed by atoms with van der Waals surface area (Å²) in [4.78, 5) is 0.320. The summed E-state index contributed by atoms with van der Waals surface area (Å²) in [6.45, 7) is 5.20. The van der Waals surface area contributed by atoms with Gasteiger partial charge in [0.1, 0.15) is 5.75 Å². The number of ether oxygens (including phenoxy) is 1. The van der Waals surface area contributed by atoms with E-state index in [2.05, 4.69) is 30.7 Å². The maximum absolute atomic E-state index is 12.4. The highest BCUT2D eigenvalue weighted by Gasteiger charge is 2.12. The van der Waals surface area contributed by atoms with E-state index in [1.54, 1.807) is 12.1 Å². The van der Waals surface area contributed by atoms with Crippen molar-refractivity contribution in [1.82, 2.24) is 4.72 Å². The molecular weight excluding hydrogens is 382 g/mol. The van der Waals surface area contributed by atoms with Crippen molar-refractivity contribution in [2.75, 3.05) is 13.2 Å². The lowest BCUT2D eigenvalue weighted by atomic mass is 10.1. The number of sulfonamides is 1. The number of aryl methyl sites for hydroxylation is 2. The second kappa shape index (κ2) is 12.7. The fourth-order valence-electron chi connectivity index (χ4n) is 3.10. The van der Waals surface area contributed by atoms with Crippen molar-refractivity contribution in [3.05, 3.63) is 59.7 Å². The summed E-state index contributed by atoms with van der Waals surface area (Å²) in [7, 11) is -3.47. The highest BCUT2D eigenvalue weighted by molar-refractivity contribution is 7.89. The lowest BCUT2D eigenvalue weighted by Gasteiger charge is -2.09. The molecule has 2 aromatic carbocycles. The van der Waals surface area contributed by atoms with Crippen molar-refractivity contribution in [3.8, 4) is 5.75 Å². The van der Waals surface area contributed by atoms with Crippen molar-refractivity contribution >= 4 is 10.0 Å². The molecule has 160 valence electrons. The fourth-order valence-corrected chi connectivity index (χ4v) is 4.17. The molecule has 0 atom stereocenters. The first-order valence-corrected chi connectivity index (χ1v) is 12.3. The second-order valence-electron chi connectivity index (χ2n) is 7.45. The number of unbranched alkanes of at least 4 members (excludes halogenated alkanes) is 3. The van der Waals surface area contributed by atoms with E-state index in [-0.39, 0.29) is 0 Å². The molecule has 0 spiro atoms. The molecule has 0 fully saturated rings. The average Bonchev–Trinajstić information content (AvgIpc) is 2.73. The largest absolute Gasteiger partial charge is 0.494 e. The van der Waals surface area contributed by atoms with Crippen LogP contribution in [0.3, 0.4) is 0 Å². The van der Waals surface area contributed by atoms with Gasteiger partial charge in [-0.25, -0.2) is 13.1 Å². The predicted molar refractivity (Wildman–Crippen MR) is 120 cm³/mol. The van der Waals surface area contributed by atoms with Gasteiger partial charge in [0, 0.05) is 6.54 Å². The van der Waals surface area contributed by atoms with Gasteiger partial charge >= 0.3 is 0 Å². The highest BCUT2D eigenvalue weighted by Crippen LogP contribution is 2.15. The molecule has 2 rings (SSSR count). The Bertz CT molecular complexity index is 799. The van der Waals surface area contributed by atoms with E-state index in [0.29, 0.717) is 24.5 Å². The normalized spacial score (nSPS) is 11.5. The lowest BCUT2D eigenvalue weighted by Crippen LogP contribution is -2.25. The molecule has 0 heterocycles. The molecule has 0 saturated heterocycles. The standard InChI is InChI=1S/C24H35NO3S/c1-3-5-7-10-22-13-17-24(18-14-22)29(26,27)25-19-8-20-28-23-15-11-21(12-16-23)9-6-4-2/h11-18,25H,3-10,19-20H2,1-2H3. The minimum absolute atomic E-state index is 0.320. The Labute approximate surface area is 176 Å². The van der Waals surface area contributed by atoms with E-state index in [9.17, 15) is 8.42 Å². The molecule has 1 N–H and O–H groups in total. The van der Waals surface area contributed by atoms with E-state index in [4.69, 9.17) is 4.74 Å². The van der Waals surface area contributed by atoms with Gasteiger partial charge in [-0.3, -0.25) is 0 Å². The van der Waals surface area contributed by atoms with Crippen LogP contribution in [0.2, 0.25) is 0 Å². The van der Waals surface area contributed by atoms with Gasteiger partial charge in [-0.05, 0) is 67.5 Å². The first-order chi connectivity index (χ1) is 14.0. The number of hydrogen-bond donors (Lipinski definition) is 1. The Morgan fingerprint density at radius 2 is 1.34 bits per heavy atom. The number of benzene rings is 2. The number of hydrogen-bond acceptors (Lipinski definition) is 3. The SMILES string of the molecule is CCCCCc1ccc(S(=O)(=O)NCCCOc2ccc(CCCC)cc2)cc1. The smallest absolute Gasteiger partial charge is 0.240 e. The molecule has 0 aliphatic carbocycles. The van der Waals surface area contributed by atoms with Gasteiger partial charge in [-0.15, -0.1) is 0 Å². The Hall–Kier alpha value is -1.85. The first-order valence-electron chi connectivity index (χ1n) is 10.9. The second-order valence-corrected chi connectivity index (χ2v) is 9.22. The van der Waals surface area contributed by atoms with Crippen LogP contribution in [0.15, 0.2) is 53.4 Å². The predicted octanol–water partition coefficient (Wildman–Crippen LogP) is 5.51. The van der Waals surface area contributed by atoms with E-state index < -0.39 is 10.0 Å². The maximum atomic E-state index is 12.4. The minimum atomic E-state index is -3.47. The van der Waals surface area contributed by atoms with Gasteiger partial charge < -0.3 is 4.74 Å². The van der Waals surface area contributed by atoms with Crippen LogP contribution in [0.25, 0.3) is 0 Å². The molecule has 2 aromatic rings. The minimum Gasteiger partial charge on any atom is -0.494 e. The highest BCUT2D eigenvalue weighted by atomic mass is 32.2. The third-order valence-corrected chi connectivity index (χ3v) is 6.40. The van der Waals surface area contributed by atoms with Gasteiger partial charge in [-0.2, -0.15) is 0 Å². The topological polar surface area (TPSA) is 55.4 Å². The van der Waals surface area contributed by atoms with Gasteiger partial charge in [0.05, 0.1) is 11.5 Å². The van der Waals surface area contributed by atoms with Crippen LogP contribution in [-0.4, -0.2) is 21.6 Å². The monoisotopic (exact) mass is 417 g/mol. The average molecular weight is 418 g/mol. The van der Waals surface area contributed by atoms with E-state index in [0.717, 1.165) is 25.0 Å². The van der Waals surface area contributed by atoms with Gasteiger partial charge in [0.2, 0.25) is 10.0 Å². The third kappa shape index (κ3) is 8.58. The summed E-state index contributed by atoms with van der Waals surface area (Å²) in [5, 5.41) is 0. The van der Waals surface area contributed by atoms with Crippen molar-refractivity contribution in [1.29, 1.82) is 0 Å². The maximum Gasteiger partial charge on any atom is 0.240 e. The van der Waals surface area contributed by atoms with Crippen LogP contribution in [0.4, 0.5) is 0 Å². The van der Waals surface area contributed by atoms with Crippen LogP contribution in [-0.2, 0) is 22.9 Å². The first kappa shape index (κ1) is 23.4. The number of nitrogens with one attached hydrogen (secondary N) is 1. The molecule has 0 unspecified atom stereocenters. The molecule has 0 aromatic heterocycles. The fraction of sp³-hybridized carbons (Fsp3) is 0.500. The molecule has 4 nitrogen and oxygen atoms in total. The van der Waals surface area contributed by atoms with Crippen molar-refractivity contribution < 1.29 is 13.2 Å². The summed E-state index contributed by atoms with van der Waals surface area (Å²) in [5.41, 5.74) is 2.51. The zero-order valence-corrected chi connectivity index (χ0v) is 18.6. The van der Waals surface area contributed by atoms with Gasteiger partial charge in [0.15, 0.2) is 0 Å². The van der Waals surface area contributed by atoms with E-state index >= 15 is 0 Å². The van der Waals surface area contributed by atoms with E-state index in [1.807, 2.05) is 24.3 Å². The Kier molecular flexibility index (Phi) is 10.2. The molecule has 0 bridgehead atoms. The third-order valence-electron chi connectivity index (χ3n) is 4.93. The van der Waals surface area contributed by atoms with Gasteiger partial charge in [-0.1, -0.05) is 57.4 Å². The summed E-state index contributed by atoms with van der Waals surface area (Å²) >= 11 is 0. The van der Waals surface area contributed by atoms with Crippen molar-refractivity contribution in [2.24, 2.45) is 0 Å². The molecule has 0 aliphatic heterocycles. The van der Waals surface area contributed by atoms with Gasteiger partial charge in [0.25, 0.3) is 0 Å². The zero-order valence-electron chi connectivity index (χ0n) is 17.8. The molecule has 29 heavy (non-hydrogen) atoms. The quantitative estimate of drug-likeness (QED) is 0.412. The number of rotatable bonds is 14. The van der Waals surface area contributed by atoms with Crippen LogP contribution in [0.1, 0.15) is 63.5 Å². The van der Waals surface area contributed by atoms with Crippen molar-refractivity contribution in [3.63, 3.8) is 0 Å². The summed E-state index contributed by atoms with van der Waals surface area (Å²) in [5.74, 6) is 0.826. The Balaban J connectivity index is 1.70. The Morgan fingerprint density at radius 1 is 0.759 bits per heavy atom. The van der Waals surface area contributed by atoms with Crippen LogP contribution < -0.4 is 9.46 Å². The molecule has 5 heteroatoms. The Morgan fingerprint density at radius 3 is 1.97 bits per heavy atom. The summed E-state index contributed by atoms with van der Waals surface area (Å²) < 4.78 is 33.2. The summed E-state index contributed by atoms with van der Waals surface area (Å²) in [6.07, 6.45) is 8.63. The van der Waals surface area contributed by atoms with Crippen LogP contribution in [0, 0.1) is 0 Å². The molecule has 0 saturated carbocycles. The molecule has 0 radical (unpaired) electrons. The van der Waals surface area contributed by atoms with Crippen LogP contribution >= 0.6 is 0 Å². The molecular formula is C24H35NO3S. The summed E-state index contributed by atoms with van der Waals surface area (Å²) in [6, 6.07) is 15.4. The molecule has 0 amide bonds. The van der Waals surface area contributed by atoms with Crippen molar-refractivity contribution in [2.45, 2.75) is 70.1 Å². The lowest BCUT2D eigenvalue weighted by molar-refractivity contribution is 0.311.